The first-order chi connectivity index (χ1) is 13.7. The highest BCUT2D eigenvalue weighted by Gasteiger charge is 2.25. The molecule has 1 amide bonds. The van der Waals surface area contributed by atoms with Crippen molar-refractivity contribution < 1.29 is 19.8 Å². The highest BCUT2D eigenvalue weighted by Crippen LogP contribution is 2.38. The number of nitrogens with one attached hydrogen (secondary N) is 1. The number of carboxylic acids is 1. The van der Waals surface area contributed by atoms with Crippen molar-refractivity contribution in [2.24, 2.45) is 0 Å². The Kier molecular flexibility index (Phi) is 5.65. The van der Waals surface area contributed by atoms with E-state index in [9.17, 15) is 14.7 Å². The number of benzene rings is 1. The lowest BCUT2D eigenvalue weighted by atomic mass is 9.98. The molecule has 29 heavy (non-hydrogen) atoms. The number of hydrogen-bond donors (Lipinski definition) is 3. The summed E-state index contributed by atoms with van der Waals surface area (Å²) in [6, 6.07) is 9.58. The Morgan fingerprint density at radius 3 is 2.45 bits per heavy atom. The number of hydrogen-bond acceptors (Lipinski definition) is 6. The molecule has 3 N–H and O–H groups in total. The summed E-state index contributed by atoms with van der Waals surface area (Å²) in [6.45, 7) is 5.46. The van der Waals surface area contributed by atoms with Crippen LogP contribution in [0.1, 0.15) is 47.5 Å². The van der Waals surface area contributed by atoms with Gasteiger partial charge in [0.25, 0.3) is 5.91 Å². The number of pyridine rings is 1. The van der Waals surface area contributed by atoms with Gasteiger partial charge in [-0.05, 0) is 11.6 Å². The van der Waals surface area contributed by atoms with E-state index in [4.69, 9.17) is 5.11 Å². The van der Waals surface area contributed by atoms with Crippen LogP contribution in [0.4, 0.5) is 0 Å². The van der Waals surface area contributed by atoms with Crippen LogP contribution in [0.15, 0.2) is 30.3 Å². The minimum atomic E-state index is -1.18. The van der Waals surface area contributed by atoms with Gasteiger partial charge in [0.15, 0.2) is 11.4 Å². The fraction of sp³-hybridized carbons (Fsp3) is 0.238. The fourth-order valence-corrected chi connectivity index (χ4v) is 3.64. The van der Waals surface area contributed by atoms with E-state index in [0.29, 0.717) is 15.9 Å². The van der Waals surface area contributed by atoms with Gasteiger partial charge in [0.2, 0.25) is 0 Å². The van der Waals surface area contributed by atoms with Gasteiger partial charge in [0, 0.05) is 5.41 Å². The van der Waals surface area contributed by atoms with Crippen molar-refractivity contribution in [1.82, 2.24) is 15.3 Å². The van der Waals surface area contributed by atoms with Gasteiger partial charge < -0.3 is 15.5 Å². The van der Waals surface area contributed by atoms with Gasteiger partial charge >= 0.3 is 5.97 Å². The molecule has 7 nitrogen and oxygen atoms in total. The van der Waals surface area contributed by atoms with Crippen molar-refractivity contribution in [2.75, 3.05) is 6.54 Å². The molecule has 2 heterocycles. The molecule has 1 aromatic carbocycles. The van der Waals surface area contributed by atoms with E-state index in [-0.39, 0.29) is 16.9 Å². The number of amides is 1. The number of carbonyl (C=O) groups excluding carboxylic acids is 1. The third-order valence-corrected chi connectivity index (χ3v) is 5.52. The van der Waals surface area contributed by atoms with E-state index in [1.807, 2.05) is 57.2 Å². The molecule has 3 rings (SSSR count). The van der Waals surface area contributed by atoms with Crippen molar-refractivity contribution in [2.45, 2.75) is 26.2 Å². The maximum absolute atomic E-state index is 12.4. The highest BCUT2D eigenvalue weighted by atomic mass is 32.1. The molecule has 0 aliphatic rings. The summed E-state index contributed by atoms with van der Waals surface area (Å²) in [6.07, 6.45) is 3.57. The molecule has 0 saturated heterocycles. The molecular formula is C21H21N3O4S. The van der Waals surface area contributed by atoms with Gasteiger partial charge in [-0.3, -0.25) is 9.59 Å². The topological polar surface area (TPSA) is 112 Å². The predicted octanol–water partition coefficient (Wildman–Crippen LogP) is 3.68. The Balaban J connectivity index is 2.14. The molecule has 0 saturated carbocycles. The number of fused-ring (bicyclic) bond motifs is 1. The number of nitrogens with zero attached hydrogens (tertiary/aromatic N) is 2. The second-order valence-corrected chi connectivity index (χ2v) is 8.46. The van der Waals surface area contributed by atoms with Crippen LogP contribution in [0, 0.1) is 0 Å². The van der Waals surface area contributed by atoms with Crippen LogP contribution < -0.4 is 5.32 Å². The minimum Gasteiger partial charge on any atom is -0.504 e. The lowest BCUT2D eigenvalue weighted by Gasteiger charge is -2.13. The molecular weight excluding hydrogens is 390 g/mol. The number of aromatic nitrogens is 2. The first kappa shape index (κ1) is 20.5. The van der Waals surface area contributed by atoms with Gasteiger partial charge in [-0.15, -0.1) is 11.3 Å². The number of carbonyl (C=O) groups is 2. The smallest absolute Gasteiger partial charge is 0.322 e. The van der Waals surface area contributed by atoms with Crippen LogP contribution >= 0.6 is 11.3 Å². The van der Waals surface area contributed by atoms with Crippen molar-refractivity contribution in [3.05, 3.63) is 52.3 Å². The van der Waals surface area contributed by atoms with Gasteiger partial charge in [-0.25, -0.2) is 9.97 Å². The SMILES string of the molecule is CC(C)(C)c1nc2c(C=Cc3ccccc3)nc(C(=O)NCC(=O)O)c(O)c2s1. The lowest BCUT2D eigenvalue weighted by Crippen LogP contribution is -2.30. The van der Waals surface area contributed by atoms with E-state index in [1.54, 1.807) is 6.08 Å². The summed E-state index contributed by atoms with van der Waals surface area (Å²) >= 11 is 1.29. The molecule has 0 spiro atoms. The van der Waals surface area contributed by atoms with Crippen molar-refractivity contribution in [3.8, 4) is 5.75 Å². The van der Waals surface area contributed by atoms with Gasteiger partial charge in [-0.1, -0.05) is 57.2 Å². The largest absolute Gasteiger partial charge is 0.504 e. The molecule has 150 valence electrons. The molecule has 0 aliphatic carbocycles. The zero-order chi connectivity index (χ0) is 21.2. The molecule has 3 aromatic rings. The first-order valence-corrected chi connectivity index (χ1v) is 9.75. The van der Waals surface area contributed by atoms with Crippen LogP contribution in [-0.4, -0.2) is 38.6 Å². The van der Waals surface area contributed by atoms with Crippen molar-refractivity contribution >= 4 is 45.6 Å². The third-order valence-electron chi connectivity index (χ3n) is 4.03. The van der Waals surface area contributed by atoms with Crippen molar-refractivity contribution in [3.63, 3.8) is 0 Å². The molecule has 0 bridgehead atoms. The maximum Gasteiger partial charge on any atom is 0.322 e. The Bertz CT molecular complexity index is 1100. The summed E-state index contributed by atoms with van der Waals surface area (Å²) in [4.78, 5) is 32.1. The minimum absolute atomic E-state index is 0.226. The lowest BCUT2D eigenvalue weighted by molar-refractivity contribution is -0.135. The summed E-state index contributed by atoms with van der Waals surface area (Å²) in [5.74, 6) is -2.24. The monoisotopic (exact) mass is 411 g/mol. The first-order valence-electron chi connectivity index (χ1n) is 8.94. The zero-order valence-corrected chi connectivity index (χ0v) is 17.1. The van der Waals surface area contributed by atoms with Crippen LogP contribution in [-0.2, 0) is 10.2 Å². The predicted molar refractivity (Wildman–Crippen MR) is 113 cm³/mol. The highest BCUT2D eigenvalue weighted by molar-refractivity contribution is 7.19. The quantitative estimate of drug-likeness (QED) is 0.590. The molecule has 0 radical (unpaired) electrons. The average molecular weight is 411 g/mol. The Morgan fingerprint density at radius 1 is 1.14 bits per heavy atom. The summed E-state index contributed by atoms with van der Waals surface area (Å²) in [5, 5.41) is 22.5. The number of carboxylic acid groups (broad SMARTS) is 1. The van der Waals surface area contributed by atoms with E-state index < -0.39 is 18.4 Å². The van der Waals surface area contributed by atoms with Gasteiger partial charge in [-0.2, -0.15) is 0 Å². The Labute approximate surface area is 171 Å². The van der Waals surface area contributed by atoms with Crippen LogP contribution in [0.2, 0.25) is 0 Å². The molecule has 0 aliphatic heterocycles. The number of rotatable bonds is 5. The summed E-state index contributed by atoms with van der Waals surface area (Å²) < 4.78 is 0.443. The molecule has 0 unspecified atom stereocenters. The molecule has 2 aromatic heterocycles. The molecule has 8 heteroatoms. The number of aromatic hydroxyl groups is 1. The Hall–Kier alpha value is -3.26. The standard InChI is InChI=1S/C21H21N3O4S/c1-21(2,3)20-24-15-13(10-9-12-7-5-4-6-8-12)23-16(17(27)18(15)29-20)19(28)22-11-14(25)26/h4-10,27H,11H2,1-3H3,(H,22,28)(H,25,26). The number of aliphatic carboxylic acids is 1. The van der Waals surface area contributed by atoms with E-state index in [1.165, 1.54) is 11.3 Å². The maximum atomic E-state index is 12.4. The third kappa shape index (κ3) is 4.60. The van der Waals surface area contributed by atoms with Crippen LogP contribution in [0.3, 0.4) is 0 Å². The van der Waals surface area contributed by atoms with E-state index >= 15 is 0 Å². The summed E-state index contributed by atoms with van der Waals surface area (Å²) in [7, 11) is 0. The van der Waals surface area contributed by atoms with Crippen LogP contribution in [0.25, 0.3) is 22.4 Å². The van der Waals surface area contributed by atoms with Crippen LogP contribution in [0.5, 0.6) is 5.75 Å². The number of thiazole rings is 1. The van der Waals surface area contributed by atoms with Gasteiger partial charge in [0.1, 0.15) is 16.8 Å². The zero-order valence-electron chi connectivity index (χ0n) is 16.3. The normalized spacial score (nSPS) is 11.8. The van der Waals surface area contributed by atoms with Gasteiger partial charge in [0.05, 0.1) is 10.7 Å². The average Bonchev–Trinajstić information content (AvgIpc) is 3.13. The van der Waals surface area contributed by atoms with E-state index in [2.05, 4.69) is 15.3 Å². The second kappa shape index (κ2) is 8.00. The Morgan fingerprint density at radius 2 is 1.83 bits per heavy atom. The fourth-order valence-electron chi connectivity index (χ4n) is 2.56. The summed E-state index contributed by atoms with van der Waals surface area (Å²) in [5.41, 5.74) is 1.39. The van der Waals surface area contributed by atoms with E-state index in [0.717, 1.165) is 10.6 Å². The second-order valence-electron chi connectivity index (χ2n) is 7.46. The van der Waals surface area contributed by atoms with Crippen molar-refractivity contribution in [1.29, 1.82) is 0 Å². The molecule has 0 fully saturated rings. The molecule has 0 atom stereocenters.